The van der Waals surface area contributed by atoms with Crippen molar-refractivity contribution >= 4 is 24.8 Å². The Balaban J connectivity index is 0.000000605. The molecule has 2 saturated heterocycles. The van der Waals surface area contributed by atoms with Gasteiger partial charge < -0.3 is 16.4 Å². The van der Waals surface area contributed by atoms with Crippen LogP contribution in [0.15, 0.2) is 0 Å². The van der Waals surface area contributed by atoms with Gasteiger partial charge in [0, 0.05) is 25.2 Å². The molecule has 3 atom stereocenters. The summed E-state index contributed by atoms with van der Waals surface area (Å²) in [5.41, 5.74) is 5.90. The maximum atomic E-state index is 5.90. The summed E-state index contributed by atoms with van der Waals surface area (Å²) in [5.74, 6) is 0.737. The Labute approximate surface area is 85.7 Å². The first kappa shape index (κ1) is 12.5. The molecule has 0 aromatic heterocycles. The second-order valence-corrected chi connectivity index (χ2v) is 3.34. The zero-order valence-corrected chi connectivity index (χ0v) is 8.59. The first-order chi connectivity index (χ1) is 4.88. The van der Waals surface area contributed by atoms with Gasteiger partial charge in [-0.05, 0) is 18.9 Å². The van der Waals surface area contributed by atoms with E-state index in [1.54, 1.807) is 0 Å². The van der Waals surface area contributed by atoms with E-state index in [4.69, 9.17) is 5.73 Å². The average Bonchev–Trinajstić information content (AvgIpc) is 2.34. The van der Waals surface area contributed by atoms with E-state index >= 15 is 0 Å². The normalized spacial score (nSPS) is 39.2. The van der Waals surface area contributed by atoms with Crippen molar-refractivity contribution < 1.29 is 0 Å². The van der Waals surface area contributed by atoms with Crippen molar-refractivity contribution in [3.63, 3.8) is 0 Å². The summed E-state index contributed by atoms with van der Waals surface area (Å²) in [6, 6.07) is 1.07. The van der Waals surface area contributed by atoms with Crippen LogP contribution in [0.1, 0.15) is 6.42 Å². The molecular formula is C7H17Cl2N3. The summed E-state index contributed by atoms with van der Waals surface area (Å²) in [6.07, 6.45) is 1.25. The maximum absolute atomic E-state index is 5.90. The molecule has 0 saturated carbocycles. The Morgan fingerprint density at radius 3 is 2.58 bits per heavy atom. The van der Waals surface area contributed by atoms with Crippen LogP contribution in [0.25, 0.3) is 0 Å². The highest BCUT2D eigenvalue weighted by atomic mass is 35.5. The minimum Gasteiger partial charge on any atom is -0.326 e. The molecule has 2 aliphatic rings. The molecule has 0 amide bonds. The summed E-state index contributed by atoms with van der Waals surface area (Å²) in [5, 5.41) is 6.78. The molecule has 0 spiro atoms. The molecule has 2 fully saturated rings. The summed E-state index contributed by atoms with van der Waals surface area (Å²) < 4.78 is 0. The largest absolute Gasteiger partial charge is 0.326 e. The minimum atomic E-state index is 0. The zero-order chi connectivity index (χ0) is 6.97. The standard InChI is InChI=1S/C7H15N3.2ClH/c8-6-3-10-7-4-9-2-1-5(6)7;;/h5-7,9-10H,1-4,8H2;2*1H. The first-order valence-electron chi connectivity index (χ1n) is 4.07. The molecule has 0 aromatic carbocycles. The summed E-state index contributed by atoms with van der Waals surface area (Å²) in [7, 11) is 0. The quantitative estimate of drug-likeness (QED) is 0.520. The van der Waals surface area contributed by atoms with Crippen molar-refractivity contribution in [2.24, 2.45) is 11.7 Å². The summed E-state index contributed by atoms with van der Waals surface area (Å²) in [6.45, 7) is 3.27. The van der Waals surface area contributed by atoms with Crippen molar-refractivity contribution in [1.29, 1.82) is 0 Å². The van der Waals surface area contributed by atoms with Gasteiger partial charge in [0.1, 0.15) is 0 Å². The first-order valence-corrected chi connectivity index (χ1v) is 4.07. The van der Waals surface area contributed by atoms with Crippen LogP contribution in [0.2, 0.25) is 0 Å². The van der Waals surface area contributed by atoms with Gasteiger partial charge in [-0.1, -0.05) is 0 Å². The Hall–Kier alpha value is 0.460. The van der Waals surface area contributed by atoms with Gasteiger partial charge in [0.25, 0.3) is 0 Å². The molecule has 2 heterocycles. The fraction of sp³-hybridized carbons (Fsp3) is 1.00. The van der Waals surface area contributed by atoms with Crippen LogP contribution in [0.3, 0.4) is 0 Å². The van der Waals surface area contributed by atoms with Gasteiger partial charge in [0.2, 0.25) is 0 Å². The third-order valence-corrected chi connectivity index (χ3v) is 2.70. The van der Waals surface area contributed by atoms with E-state index in [0.29, 0.717) is 12.1 Å². The van der Waals surface area contributed by atoms with Crippen LogP contribution >= 0.6 is 24.8 Å². The van der Waals surface area contributed by atoms with Gasteiger partial charge in [0.05, 0.1) is 0 Å². The molecule has 0 bridgehead atoms. The molecule has 5 heteroatoms. The fourth-order valence-electron chi connectivity index (χ4n) is 2.05. The summed E-state index contributed by atoms with van der Waals surface area (Å²) >= 11 is 0. The van der Waals surface area contributed by atoms with E-state index in [-0.39, 0.29) is 24.8 Å². The van der Waals surface area contributed by atoms with Gasteiger partial charge in [-0.15, -0.1) is 24.8 Å². The number of nitrogens with one attached hydrogen (secondary N) is 2. The Morgan fingerprint density at radius 2 is 1.92 bits per heavy atom. The number of piperidine rings is 1. The van der Waals surface area contributed by atoms with Gasteiger partial charge in [-0.25, -0.2) is 0 Å². The molecule has 12 heavy (non-hydrogen) atoms. The molecule has 3 nitrogen and oxygen atoms in total. The number of rotatable bonds is 0. The Bertz CT molecular complexity index is 132. The molecule has 2 aliphatic heterocycles. The molecule has 0 aliphatic carbocycles. The molecule has 0 aromatic rings. The van der Waals surface area contributed by atoms with E-state index < -0.39 is 0 Å². The number of hydrogen-bond acceptors (Lipinski definition) is 3. The van der Waals surface area contributed by atoms with Crippen LogP contribution in [0, 0.1) is 5.92 Å². The fourth-order valence-corrected chi connectivity index (χ4v) is 2.05. The smallest absolute Gasteiger partial charge is 0.0237 e. The highest BCUT2D eigenvalue weighted by Crippen LogP contribution is 2.20. The molecule has 74 valence electrons. The monoisotopic (exact) mass is 213 g/mol. The summed E-state index contributed by atoms with van der Waals surface area (Å²) in [4.78, 5) is 0. The van der Waals surface area contributed by atoms with E-state index in [0.717, 1.165) is 25.6 Å². The number of halogens is 2. The second kappa shape index (κ2) is 5.25. The van der Waals surface area contributed by atoms with Crippen LogP contribution in [0.5, 0.6) is 0 Å². The van der Waals surface area contributed by atoms with Gasteiger partial charge in [-0.2, -0.15) is 0 Å². The van der Waals surface area contributed by atoms with E-state index in [1.807, 2.05) is 0 Å². The predicted octanol–water partition coefficient (Wildman–Crippen LogP) is -0.261. The Morgan fingerprint density at radius 1 is 1.17 bits per heavy atom. The number of hydrogen-bond donors (Lipinski definition) is 3. The van der Waals surface area contributed by atoms with Crippen molar-refractivity contribution in [1.82, 2.24) is 10.6 Å². The molecule has 2 rings (SSSR count). The van der Waals surface area contributed by atoms with E-state index in [1.165, 1.54) is 6.42 Å². The van der Waals surface area contributed by atoms with Crippen molar-refractivity contribution in [3.8, 4) is 0 Å². The van der Waals surface area contributed by atoms with Crippen LogP contribution in [0.4, 0.5) is 0 Å². The lowest BCUT2D eigenvalue weighted by Crippen LogP contribution is -2.45. The van der Waals surface area contributed by atoms with Crippen molar-refractivity contribution in [2.45, 2.75) is 18.5 Å². The van der Waals surface area contributed by atoms with Crippen LogP contribution < -0.4 is 16.4 Å². The van der Waals surface area contributed by atoms with Crippen LogP contribution in [-0.4, -0.2) is 31.7 Å². The van der Waals surface area contributed by atoms with E-state index in [9.17, 15) is 0 Å². The lowest BCUT2D eigenvalue weighted by molar-refractivity contribution is 0.324. The number of nitrogens with two attached hydrogens (primary N) is 1. The van der Waals surface area contributed by atoms with Gasteiger partial charge >= 0.3 is 0 Å². The zero-order valence-electron chi connectivity index (χ0n) is 6.95. The highest BCUT2D eigenvalue weighted by Gasteiger charge is 2.34. The topological polar surface area (TPSA) is 50.1 Å². The second-order valence-electron chi connectivity index (χ2n) is 3.34. The van der Waals surface area contributed by atoms with Gasteiger partial charge in [0.15, 0.2) is 0 Å². The lowest BCUT2D eigenvalue weighted by atomic mass is 9.91. The molecule has 4 N–H and O–H groups in total. The minimum absolute atomic E-state index is 0. The third kappa shape index (κ3) is 2.24. The van der Waals surface area contributed by atoms with Crippen molar-refractivity contribution in [2.75, 3.05) is 19.6 Å². The molecule has 0 radical (unpaired) electrons. The maximum Gasteiger partial charge on any atom is 0.0237 e. The molecule has 3 unspecified atom stereocenters. The molecular weight excluding hydrogens is 197 g/mol. The SMILES string of the molecule is Cl.Cl.NC1CNC2CNCCC12. The number of fused-ring (bicyclic) bond motifs is 1. The predicted molar refractivity (Wildman–Crippen MR) is 55.2 cm³/mol. The third-order valence-electron chi connectivity index (χ3n) is 2.70. The van der Waals surface area contributed by atoms with Crippen molar-refractivity contribution in [3.05, 3.63) is 0 Å². The highest BCUT2D eigenvalue weighted by molar-refractivity contribution is 5.85. The van der Waals surface area contributed by atoms with Crippen LogP contribution in [-0.2, 0) is 0 Å². The average molecular weight is 214 g/mol. The van der Waals surface area contributed by atoms with Gasteiger partial charge in [-0.3, -0.25) is 0 Å². The van der Waals surface area contributed by atoms with E-state index in [2.05, 4.69) is 10.6 Å². The Kier molecular flexibility index (Phi) is 5.45. The lowest BCUT2D eigenvalue weighted by Gasteiger charge is -2.27.